The number of aryl methyl sites for hydroxylation is 1. The second-order valence-electron chi connectivity index (χ2n) is 3.28. The van der Waals surface area contributed by atoms with Gasteiger partial charge in [-0.2, -0.15) is 11.3 Å². The second kappa shape index (κ2) is 4.88. The fourth-order valence-electron chi connectivity index (χ4n) is 1.47. The number of hydrogen-bond acceptors (Lipinski definition) is 4. The normalized spacial score (nSPS) is 10.8. The molecule has 0 bridgehead atoms. The fraction of sp³-hybridized carbons (Fsp3) is 0.364. The maximum absolute atomic E-state index is 4.67. The van der Waals surface area contributed by atoms with Crippen molar-refractivity contribution in [1.29, 1.82) is 0 Å². The van der Waals surface area contributed by atoms with Crippen LogP contribution < -0.4 is 5.32 Å². The molecular formula is C11H14N2S2. The lowest BCUT2D eigenvalue weighted by Gasteiger charge is -1.96. The van der Waals surface area contributed by atoms with Crippen LogP contribution in [0, 0.1) is 0 Å². The fourth-order valence-corrected chi connectivity index (χ4v) is 3.34. The van der Waals surface area contributed by atoms with Crippen molar-refractivity contribution in [2.24, 2.45) is 0 Å². The number of nitrogens with zero attached hydrogens (tertiary/aromatic N) is 1. The second-order valence-corrected chi connectivity index (χ2v) is 5.15. The SMILES string of the molecule is CCc1nc(-c2ccsc2)sc1CNC. The van der Waals surface area contributed by atoms with Gasteiger partial charge < -0.3 is 5.32 Å². The van der Waals surface area contributed by atoms with Gasteiger partial charge in [0.1, 0.15) is 5.01 Å². The van der Waals surface area contributed by atoms with Crippen LogP contribution in [0.25, 0.3) is 10.6 Å². The van der Waals surface area contributed by atoms with Crippen LogP contribution in [-0.2, 0) is 13.0 Å². The lowest BCUT2D eigenvalue weighted by atomic mass is 10.3. The zero-order chi connectivity index (χ0) is 10.7. The van der Waals surface area contributed by atoms with E-state index >= 15 is 0 Å². The summed E-state index contributed by atoms with van der Waals surface area (Å²) >= 11 is 3.52. The van der Waals surface area contributed by atoms with Crippen LogP contribution in [0.1, 0.15) is 17.5 Å². The first-order valence-electron chi connectivity index (χ1n) is 5.01. The lowest BCUT2D eigenvalue weighted by Crippen LogP contribution is -2.05. The van der Waals surface area contributed by atoms with E-state index in [9.17, 15) is 0 Å². The van der Waals surface area contributed by atoms with Crippen molar-refractivity contribution >= 4 is 22.7 Å². The summed E-state index contributed by atoms with van der Waals surface area (Å²) in [6.07, 6.45) is 1.01. The van der Waals surface area contributed by atoms with Crippen LogP contribution in [0.15, 0.2) is 16.8 Å². The molecule has 4 heteroatoms. The van der Waals surface area contributed by atoms with Crippen molar-refractivity contribution in [3.8, 4) is 10.6 Å². The molecule has 0 aliphatic rings. The Morgan fingerprint density at radius 3 is 2.93 bits per heavy atom. The number of thiophene rings is 1. The highest BCUT2D eigenvalue weighted by atomic mass is 32.1. The smallest absolute Gasteiger partial charge is 0.124 e. The molecule has 0 spiro atoms. The van der Waals surface area contributed by atoms with Crippen LogP contribution in [0.2, 0.25) is 0 Å². The first-order chi connectivity index (χ1) is 7.35. The van der Waals surface area contributed by atoms with Crippen LogP contribution in [0.4, 0.5) is 0 Å². The number of rotatable bonds is 4. The van der Waals surface area contributed by atoms with Gasteiger partial charge in [-0.25, -0.2) is 4.98 Å². The number of aromatic nitrogens is 1. The Labute approximate surface area is 98.0 Å². The molecule has 2 aromatic heterocycles. The van der Waals surface area contributed by atoms with E-state index in [2.05, 4.69) is 34.1 Å². The molecule has 0 saturated heterocycles. The van der Waals surface area contributed by atoms with Gasteiger partial charge in [-0.15, -0.1) is 11.3 Å². The van der Waals surface area contributed by atoms with E-state index in [-0.39, 0.29) is 0 Å². The first kappa shape index (κ1) is 10.8. The molecule has 0 radical (unpaired) electrons. The summed E-state index contributed by atoms with van der Waals surface area (Å²) in [5.41, 5.74) is 2.48. The number of nitrogens with one attached hydrogen (secondary N) is 1. The van der Waals surface area contributed by atoms with E-state index in [1.165, 1.54) is 16.1 Å². The van der Waals surface area contributed by atoms with E-state index in [0.717, 1.165) is 18.0 Å². The third-order valence-electron chi connectivity index (χ3n) is 2.22. The minimum absolute atomic E-state index is 0.922. The highest BCUT2D eigenvalue weighted by Crippen LogP contribution is 2.29. The van der Waals surface area contributed by atoms with Gasteiger partial charge in [0.15, 0.2) is 0 Å². The average molecular weight is 238 g/mol. The van der Waals surface area contributed by atoms with E-state index in [1.807, 2.05) is 7.05 Å². The molecule has 0 fully saturated rings. The summed E-state index contributed by atoms with van der Waals surface area (Å²) in [6.45, 7) is 3.08. The van der Waals surface area contributed by atoms with Crippen LogP contribution in [0.5, 0.6) is 0 Å². The van der Waals surface area contributed by atoms with Gasteiger partial charge in [-0.3, -0.25) is 0 Å². The van der Waals surface area contributed by atoms with Gasteiger partial charge in [0.05, 0.1) is 5.69 Å². The molecule has 0 amide bonds. The van der Waals surface area contributed by atoms with Crippen molar-refractivity contribution in [2.45, 2.75) is 19.9 Å². The predicted molar refractivity (Wildman–Crippen MR) is 67.6 cm³/mol. The Balaban J connectivity index is 2.34. The zero-order valence-electron chi connectivity index (χ0n) is 8.91. The third-order valence-corrected chi connectivity index (χ3v) is 4.05. The molecule has 2 nitrogen and oxygen atoms in total. The van der Waals surface area contributed by atoms with Crippen LogP contribution >= 0.6 is 22.7 Å². The van der Waals surface area contributed by atoms with Crippen molar-refractivity contribution in [2.75, 3.05) is 7.05 Å². The zero-order valence-corrected chi connectivity index (χ0v) is 10.5. The van der Waals surface area contributed by atoms with E-state index < -0.39 is 0 Å². The first-order valence-corrected chi connectivity index (χ1v) is 6.76. The quantitative estimate of drug-likeness (QED) is 0.885. The summed E-state index contributed by atoms with van der Waals surface area (Å²) in [5, 5.41) is 8.59. The Kier molecular flexibility index (Phi) is 3.51. The van der Waals surface area contributed by atoms with Crippen LogP contribution in [0.3, 0.4) is 0 Å². The summed E-state index contributed by atoms with van der Waals surface area (Å²) in [7, 11) is 1.98. The molecule has 0 atom stereocenters. The molecular weight excluding hydrogens is 224 g/mol. The molecule has 1 N–H and O–H groups in total. The molecule has 0 aromatic carbocycles. The molecule has 15 heavy (non-hydrogen) atoms. The number of thiazole rings is 1. The monoisotopic (exact) mass is 238 g/mol. The Hall–Kier alpha value is -0.710. The topological polar surface area (TPSA) is 24.9 Å². The summed E-state index contributed by atoms with van der Waals surface area (Å²) < 4.78 is 0. The average Bonchev–Trinajstić information content (AvgIpc) is 2.84. The minimum Gasteiger partial charge on any atom is -0.315 e. The highest BCUT2D eigenvalue weighted by molar-refractivity contribution is 7.15. The summed E-state index contributed by atoms with van der Waals surface area (Å²) in [6, 6.07) is 2.13. The Bertz CT molecular complexity index is 418. The van der Waals surface area contributed by atoms with Crippen molar-refractivity contribution in [3.05, 3.63) is 27.4 Å². The highest BCUT2D eigenvalue weighted by Gasteiger charge is 2.10. The molecule has 0 aliphatic carbocycles. The van der Waals surface area contributed by atoms with Gasteiger partial charge in [0, 0.05) is 22.4 Å². The van der Waals surface area contributed by atoms with Gasteiger partial charge in [-0.1, -0.05) is 6.92 Å². The van der Waals surface area contributed by atoms with Gasteiger partial charge in [-0.05, 0) is 24.9 Å². The molecule has 0 aliphatic heterocycles. The van der Waals surface area contributed by atoms with E-state index in [0.29, 0.717) is 0 Å². The van der Waals surface area contributed by atoms with Crippen molar-refractivity contribution < 1.29 is 0 Å². The van der Waals surface area contributed by atoms with E-state index in [1.54, 1.807) is 22.7 Å². The van der Waals surface area contributed by atoms with Gasteiger partial charge >= 0.3 is 0 Å². The lowest BCUT2D eigenvalue weighted by molar-refractivity contribution is 0.815. The molecule has 0 saturated carbocycles. The molecule has 2 rings (SSSR count). The summed E-state index contributed by atoms with van der Waals surface area (Å²) in [5.74, 6) is 0. The minimum atomic E-state index is 0.922. The largest absolute Gasteiger partial charge is 0.315 e. The Morgan fingerprint density at radius 1 is 1.47 bits per heavy atom. The van der Waals surface area contributed by atoms with Gasteiger partial charge in [0.2, 0.25) is 0 Å². The molecule has 80 valence electrons. The Morgan fingerprint density at radius 2 is 2.33 bits per heavy atom. The summed E-state index contributed by atoms with van der Waals surface area (Å²) in [4.78, 5) is 6.04. The predicted octanol–water partition coefficient (Wildman–Crippen LogP) is 3.15. The maximum atomic E-state index is 4.67. The van der Waals surface area contributed by atoms with Gasteiger partial charge in [0.25, 0.3) is 0 Å². The van der Waals surface area contributed by atoms with Crippen LogP contribution in [-0.4, -0.2) is 12.0 Å². The standard InChI is InChI=1S/C11H14N2S2/c1-3-9-10(6-12-2)15-11(13-9)8-4-5-14-7-8/h4-5,7,12H,3,6H2,1-2H3. The van der Waals surface area contributed by atoms with Crippen molar-refractivity contribution in [1.82, 2.24) is 10.3 Å². The van der Waals surface area contributed by atoms with Crippen molar-refractivity contribution in [3.63, 3.8) is 0 Å². The maximum Gasteiger partial charge on any atom is 0.124 e. The third kappa shape index (κ3) is 2.27. The molecule has 2 heterocycles. The molecule has 0 unspecified atom stereocenters. The number of hydrogen-bond donors (Lipinski definition) is 1. The molecule has 2 aromatic rings. The van der Waals surface area contributed by atoms with E-state index in [4.69, 9.17) is 0 Å².